The lowest BCUT2D eigenvalue weighted by Crippen LogP contribution is -2.21. The predicted molar refractivity (Wildman–Crippen MR) is 105 cm³/mol. The van der Waals surface area contributed by atoms with E-state index >= 15 is 0 Å². The van der Waals surface area contributed by atoms with E-state index in [0.717, 1.165) is 18.2 Å². The number of nitrogens with zero attached hydrogens (tertiary/aromatic N) is 1. The molecule has 0 atom stereocenters. The van der Waals surface area contributed by atoms with E-state index in [-0.39, 0.29) is 24.3 Å². The molecule has 7 nitrogen and oxygen atoms in total. The molecule has 0 saturated carbocycles. The fourth-order valence-electron chi connectivity index (χ4n) is 2.79. The lowest BCUT2D eigenvalue weighted by atomic mass is 10.1. The minimum atomic E-state index is -4.59. The Morgan fingerprint density at radius 1 is 1.23 bits per heavy atom. The fraction of sp³-hybridized carbons (Fsp3) is 0.238. The Morgan fingerprint density at radius 2 is 1.97 bits per heavy atom. The van der Waals surface area contributed by atoms with Gasteiger partial charge in [-0.3, -0.25) is 14.6 Å². The molecule has 0 aliphatic heterocycles. The second-order valence-electron chi connectivity index (χ2n) is 6.61. The highest BCUT2D eigenvalue weighted by Crippen LogP contribution is 2.30. The van der Waals surface area contributed by atoms with Gasteiger partial charge in [0.2, 0.25) is 0 Å². The molecule has 0 aliphatic carbocycles. The summed E-state index contributed by atoms with van der Waals surface area (Å²) in [7, 11) is 0. The van der Waals surface area contributed by atoms with E-state index in [9.17, 15) is 27.6 Å². The first-order valence-electron chi connectivity index (χ1n) is 9.16. The number of pyridine rings is 1. The van der Waals surface area contributed by atoms with Gasteiger partial charge in [-0.15, -0.1) is 0 Å². The highest BCUT2D eigenvalue weighted by atomic mass is 19.4. The summed E-state index contributed by atoms with van der Waals surface area (Å²) in [5.41, 5.74) is -1.59. The van der Waals surface area contributed by atoms with Crippen LogP contribution >= 0.6 is 0 Å². The van der Waals surface area contributed by atoms with Gasteiger partial charge in [0.25, 0.3) is 5.91 Å². The second kappa shape index (κ2) is 8.58. The van der Waals surface area contributed by atoms with Crippen molar-refractivity contribution in [1.29, 1.82) is 0 Å². The maximum absolute atomic E-state index is 12.9. The first-order valence-corrected chi connectivity index (χ1v) is 9.16. The summed E-state index contributed by atoms with van der Waals surface area (Å²) in [5, 5.41) is 2.59. The van der Waals surface area contributed by atoms with Crippen LogP contribution in [0.1, 0.15) is 40.5 Å². The Balaban J connectivity index is 1.98. The van der Waals surface area contributed by atoms with E-state index in [2.05, 4.69) is 10.3 Å². The third-order valence-corrected chi connectivity index (χ3v) is 4.41. The highest BCUT2D eigenvalue weighted by molar-refractivity contribution is 6.05. The van der Waals surface area contributed by atoms with E-state index in [0.29, 0.717) is 16.6 Å². The van der Waals surface area contributed by atoms with Gasteiger partial charge >= 0.3 is 17.8 Å². The van der Waals surface area contributed by atoms with Crippen LogP contribution in [0.2, 0.25) is 0 Å². The van der Waals surface area contributed by atoms with Crippen LogP contribution in [0.15, 0.2) is 45.7 Å². The van der Waals surface area contributed by atoms with Crippen molar-refractivity contribution >= 4 is 28.5 Å². The number of aryl methyl sites for hydroxylation is 1. The van der Waals surface area contributed by atoms with E-state index in [1.54, 1.807) is 13.8 Å². The normalized spacial score (nSPS) is 11.4. The van der Waals surface area contributed by atoms with Gasteiger partial charge in [-0.2, -0.15) is 13.2 Å². The van der Waals surface area contributed by atoms with Gasteiger partial charge in [0, 0.05) is 29.3 Å². The van der Waals surface area contributed by atoms with Crippen molar-refractivity contribution in [2.45, 2.75) is 33.1 Å². The topological polar surface area (TPSA) is 98.5 Å². The number of alkyl halides is 3. The molecule has 1 N–H and O–H groups in total. The molecule has 2 heterocycles. The number of aromatic nitrogens is 1. The minimum absolute atomic E-state index is 0.116. The number of hydrogen-bond acceptors (Lipinski definition) is 6. The van der Waals surface area contributed by atoms with Gasteiger partial charge in [0.1, 0.15) is 12.2 Å². The molecule has 3 rings (SSSR count). The zero-order chi connectivity index (χ0) is 22.8. The fourth-order valence-corrected chi connectivity index (χ4v) is 2.79. The molecule has 0 saturated heterocycles. The van der Waals surface area contributed by atoms with Crippen LogP contribution in [0, 0.1) is 6.92 Å². The van der Waals surface area contributed by atoms with Crippen molar-refractivity contribution in [3.63, 3.8) is 0 Å². The molecule has 31 heavy (non-hydrogen) atoms. The molecule has 3 aromatic rings. The number of halogens is 3. The molecule has 1 aromatic carbocycles. The van der Waals surface area contributed by atoms with Crippen LogP contribution < -0.4 is 10.9 Å². The number of hydrogen-bond donors (Lipinski definition) is 1. The summed E-state index contributed by atoms with van der Waals surface area (Å²) in [6.07, 6.45) is -3.00. The van der Waals surface area contributed by atoms with Crippen LogP contribution in [-0.2, 0) is 22.3 Å². The molecule has 0 aliphatic rings. The number of benzene rings is 1. The standard InChI is InChI=1S/C21H17F3N2O5/c1-3-17(27)30-10-12-9-25-11(2)18-15(12)8-16(20(29)31-18)19(28)26-14-6-4-5-13(7-14)21(22,23)24/h4-9H,3,10H2,1-2H3,(H,26,28). The van der Waals surface area contributed by atoms with Crippen LogP contribution in [-0.4, -0.2) is 16.9 Å². The zero-order valence-corrected chi connectivity index (χ0v) is 16.5. The number of amides is 1. The Labute approximate surface area is 173 Å². The zero-order valence-electron chi connectivity index (χ0n) is 16.5. The third kappa shape index (κ3) is 4.90. The van der Waals surface area contributed by atoms with Crippen molar-refractivity contribution in [3.8, 4) is 0 Å². The minimum Gasteiger partial charge on any atom is -0.461 e. The van der Waals surface area contributed by atoms with Crippen molar-refractivity contribution in [2.75, 3.05) is 5.32 Å². The average molecular weight is 434 g/mol. The summed E-state index contributed by atoms with van der Waals surface area (Å²) in [6.45, 7) is 3.07. The summed E-state index contributed by atoms with van der Waals surface area (Å²) >= 11 is 0. The monoisotopic (exact) mass is 434 g/mol. The van der Waals surface area contributed by atoms with Crippen molar-refractivity contribution < 1.29 is 31.9 Å². The maximum Gasteiger partial charge on any atom is 0.416 e. The molecule has 0 radical (unpaired) electrons. The Kier molecular flexibility index (Phi) is 6.09. The Hall–Kier alpha value is -3.69. The van der Waals surface area contributed by atoms with Gasteiger partial charge < -0.3 is 14.5 Å². The molecular formula is C21H17F3N2O5. The molecule has 10 heteroatoms. The number of nitrogens with one attached hydrogen (secondary N) is 1. The third-order valence-electron chi connectivity index (χ3n) is 4.41. The van der Waals surface area contributed by atoms with E-state index in [1.165, 1.54) is 18.3 Å². The summed E-state index contributed by atoms with van der Waals surface area (Å²) < 4.78 is 49.0. The average Bonchev–Trinajstić information content (AvgIpc) is 2.72. The lowest BCUT2D eigenvalue weighted by molar-refractivity contribution is -0.144. The number of carbonyl (C=O) groups excluding carboxylic acids is 2. The van der Waals surface area contributed by atoms with Gasteiger partial charge in [-0.25, -0.2) is 4.79 Å². The highest BCUT2D eigenvalue weighted by Gasteiger charge is 2.30. The number of ether oxygens (including phenoxy) is 1. The van der Waals surface area contributed by atoms with Gasteiger partial charge in [0.05, 0.1) is 11.3 Å². The molecule has 0 unspecified atom stereocenters. The smallest absolute Gasteiger partial charge is 0.416 e. The van der Waals surface area contributed by atoms with Crippen molar-refractivity contribution in [3.05, 3.63) is 69.3 Å². The number of carbonyl (C=O) groups is 2. The molecule has 1 amide bonds. The van der Waals surface area contributed by atoms with E-state index in [4.69, 9.17) is 9.15 Å². The van der Waals surface area contributed by atoms with Crippen LogP contribution in [0.3, 0.4) is 0 Å². The van der Waals surface area contributed by atoms with Crippen molar-refractivity contribution in [1.82, 2.24) is 4.98 Å². The predicted octanol–water partition coefficient (Wildman–Crippen LogP) is 4.22. The van der Waals surface area contributed by atoms with Crippen LogP contribution in [0.4, 0.5) is 18.9 Å². The number of fused-ring (bicyclic) bond motifs is 1. The maximum atomic E-state index is 12.9. The first-order chi connectivity index (χ1) is 14.6. The molecule has 0 bridgehead atoms. The number of esters is 1. The molecular weight excluding hydrogens is 417 g/mol. The Bertz CT molecular complexity index is 1220. The molecule has 0 spiro atoms. The number of anilines is 1. The lowest BCUT2D eigenvalue weighted by Gasteiger charge is -2.11. The van der Waals surface area contributed by atoms with E-state index in [1.807, 2.05) is 0 Å². The largest absolute Gasteiger partial charge is 0.461 e. The van der Waals surface area contributed by atoms with Crippen LogP contribution in [0.25, 0.3) is 11.0 Å². The number of rotatable bonds is 5. The van der Waals surface area contributed by atoms with Crippen molar-refractivity contribution in [2.24, 2.45) is 0 Å². The van der Waals surface area contributed by atoms with Gasteiger partial charge in [-0.05, 0) is 31.2 Å². The summed E-state index contributed by atoms with van der Waals surface area (Å²) in [5.74, 6) is -1.39. The Morgan fingerprint density at radius 3 is 2.65 bits per heavy atom. The van der Waals surface area contributed by atoms with Gasteiger partial charge in [0.15, 0.2) is 5.58 Å². The first kappa shape index (κ1) is 22.0. The SMILES string of the molecule is CCC(=O)OCc1cnc(C)c2oc(=O)c(C(=O)Nc3cccc(C(F)(F)F)c3)cc12. The van der Waals surface area contributed by atoms with Gasteiger partial charge in [-0.1, -0.05) is 13.0 Å². The van der Waals surface area contributed by atoms with E-state index < -0.39 is 34.8 Å². The second-order valence-corrected chi connectivity index (χ2v) is 6.61. The van der Waals surface area contributed by atoms with Crippen LogP contribution in [0.5, 0.6) is 0 Å². The summed E-state index contributed by atoms with van der Waals surface area (Å²) in [4.78, 5) is 40.5. The summed E-state index contributed by atoms with van der Waals surface area (Å²) in [6, 6.07) is 5.26. The molecule has 0 fully saturated rings. The molecule has 162 valence electrons. The molecule has 2 aromatic heterocycles. The quantitative estimate of drug-likeness (QED) is 0.604.